The average Bonchev–Trinajstić information content (AvgIpc) is 3.08. The monoisotopic (exact) mass is 536 g/mol. The van der Waals surface area contributed by atoms with Crippen LogP contribution in [0.25, 0.3) is 0 Å². The maximum atomic E-state index is 12.9. The van der Waals surface area contributed by atoms with E-state index in [1.54, 1.807) is 0 Å². The highest BCUT2D eigenvalue weighted by Crippen LogP contribution is 2.49. The summed E-state index contributed by atoms with van der Waals surface area (Å²) >= 11 is 0. The number of carbonyl (C=O) groups excluding carboxylic acids is 1. The van der Waals surface area contributed by atoms with Crippen LogP contribution in [0.3, 0.4) is 0 Å². The van der Waals surface area contributed by atoms with Crippen molar-refractivity contribution in [2.75, 3.05) is 11.9 Å². The van der Waals surface area contributed by atoms with E-state index in [2.05, 4.69) is 71.8 Å². The van der Waals surface area contributed by atoms with Gasteiger partial charge in [0, 0.05) is 13.1 Å². The summed E-state index contributed by atoms with van der Waals surface area (Å²) in [6.45, 7) is 18.6. The lowest BCUT2D eigenvalue weighted by molar-refractivity contribution is -0.114. The summed E-state index contributed by atoms with van der Waals surface area (Å²) in [5, 5.41) is 12.7. The number of rotatable bonds is 6. The molecule has 1 unspecified atom stereocenters. The first-order valence-corrected chi connectivity index (χ1v) is 16.7. The third-order valence-electron chi connectivity index (χ3n) is 7.23. The molecule has 1 aromatic heterocycles. The van der Waals surface area contributed by atoms with Crippen molar-refractivity contribution in [2.45, 2.75) is 103 Å². The van der Waals surface area contributed by atoms with E-state index in [0.717, 1.165) is 0 Å². The van der Waals surface area contributed by atoms with Gasteiger partial charge < -0.3 is 23.0 Å². The van der Waals surface area contributed by atoms with Crippen LogP contribution < -0.4 is 11.0 Å². The summed E-state index contributed by atoms with van der Waals surface area (Å²) in [5.41, 5.74) is -0.0617. The van der Waals surface area contributed by atoms with Crippen molar-refractivity contribution in [1.29, 1.82) is 5.26 Å². The van der Waals surface area contributed by atoms with Gasteiger partial charge in [0.05, 0.1) is 18.8 Å². The number of nitrogens with zero attached hydrogens (tertiary/aromatic N) is 3. The Morgan fingerprint density at radius 3 is 2.17 bits per heavy atom. The summed E-state index contributed by atoms with van der Waals surface area (Å²) in [7, 11) is -5.70. The molecule has 2 fully saturated rings. The molecule has 1 N–H and O–H groups in total. The zero-order valence-corrected chi connectivity index (χ0v) is 24.8. The molecule has 200 valence electrons. The second kappa shape index (κ2) is 10.8. The minimum Gasteiger partial charge on any atom is -0.414 e. The van der Waals surface area contributed by atoms with Crippen LogP contribution in [0, 0.1) is 17.2 Å². The second-order valence-corrected chi connectivity index (χ2v) is 19.8. The molecule has 0 spiro atoms. The molecule has 2 aliphatic rings. The quantitative estimate of drug-likeness (QED) is 0.537. The van der Waals surface area contributed by atoms with Gasteiger partial charge >= 0.3 is 22.8 Å². The van der Waals surface area contributed by atoms with E-state index in [1.807, 2.05) is 0 Å². The van der Waals surface area contributed by atoms with Crippen molar-refractivity contribution < 1.29 is 22.5 Å². The molecule has 3 rings (SSSR count). The Morgan fingerprint density at radius 1 is 1.11 bits per heavy atom. The van der Waals surface area contributed by atoms with E-state index in [-0.39, 0.29) is 40.5 Å². The molecule has 2 aliphatic heterocycles. The molecule has 36 heavy (non-hydrogen) atoms. The topological polar surface area (TPSA) is 125 Å². The number of anilines is 1. The van der Waals surface area contributed by atoms with Gasteiger partial charge in [0.25, 0.3) is 0 Å². The van der Waals surface area contributed by atoms with E-state index in [0.29, 0.717) is 0 Å². The van der Waals surface area contributed by atoms with Crippen molar-refractivity contribution in [2.24, 2.45) is 5.92 Å². The van der Waals surface area contributed by atoms with Crippen molar-refractivity contribution in [3.63, 3.8) is 0 Å². The highest BCUT2D eigenvalue weighted by atomic mass is 28.5. The summed E-state index contributed by atoms with van der Waals surface area (Å²) in [6, 6.07) is 3.84. The van der Waals surface area contributed by atoms with Crippen LogP contribution in [-0.2, 0) is 22.5 Å². The van der Waals surface area contributed by atoms with Crippen molar-refractivity contribution in [3.8, 4) is 6.07 Å². The van der Waals surface area contributed by atoms with Gasteiger partial charge in [-0.1, -0.05) is 55.4 Å². The Labute approximate surface area is 215 Å². The Balaban J connectivity index is 2.08. The Morgan fingerprint density at radius 2 is 1.69 bits per heavy atom. The summed E-state index contributed by atoms with van der Waals surface area (Å²) in [6.07, 6.45) is -0.578. The Hall–Kier alpha value is -1.89. The number of amides is 1. The van der Waals surface area contributed by atoms with Crippen molar-refractivity contribution in [1.82, 2.24) is 9.55 Å². The lowest BCUT2D eigenvalue weighted by atomic mass is 10.0. The lowest BCUT2D eigenvalue weighted by Gasteiger charge is -2.51. The number of nitrogens with one attached hydrogen (secondary N) is 1. The van der Waals surface area contributed by atoms with Gasteiger partial charge in [-0.2, -0.15) is 10.2 Å². The molecular weight excluding hydrogens is 496 g/mol. The number of hydrogen-bond donors (Lipinski definition) is 1. The molecule has 1 amide bonds. The fourth-order valence-corrected chi connectivity index (χ4v) is 16.6. The largest absolute Gasteiger partial charge is 0.414 e. The number of ether oxygens (including phenoxy) is 1. The zero-order chi connectivity index (χ0) is 27.0. The molecule has 1 aromatic rings. The third-order valence-corrected chi connectivity index (χ3v) is 17.5. The summed E-state index contributed by atoms with van der Waals surface area (Å²) < 4.78 is 28.5. The van der Waals surface area contributed by atoms with Gasteiger partial charge in [0.2, 0.25) is 5.91 Å². The minimum absolute atomic E-state index is 0.101. The minimum atomic E-state index is -2.94. The van der Waals surface area contributed by atoms with Crippen LogP contribution in [0.1, 0.15) is 68.5 Å². The molecule has 2 saturated heterocycles. The number of aromatic nitrogens is 2. The Bertz CT molecular complexity index is 1040. The number of fused-ring (bicyclic) bond motifs is 1. The normalized spacial score (nSPS) is 27.6. The molecule has 12 heteroatoms. The molecule has 0 bridgehead atoms. The van der Waals surface area contributed by atoms with Crippen LogP contribution in [0.4, 0.5) is 5.82 Å². The predicted octanol–water partition coefficient (Wildman–Crippen LogP) is 4.20. The van der Waals surface area contributed by atoms with Crippen molar-refractivity contribution in [3.05, 3.63) is 22.7 Å². The number of nitriles is 1. The lowest BCUT2D eigenvalue weighted by Crippen LogP contribution is -2.65. The average molecular weight is 537 g/mol. The first-order chi connectivity index (χ1) is 16.8. The predicted molar refractivity (Wildman–Crippen MR) is 140 cm³/mol. The molecule has 0 aromatic carbocycles. The number of carbonyl (C=O) groups is 1. The van der Waals surface area contributed by atoms with Gasteiger partial charge in [-0.05, 0) is 28.2 Å². The van der Waals surface area contributed by atoms with Crippen LogP contribution >= 0.6 is 0 Å². The van der Waals surface area contributed by atoms with E-state index in [9.17, 15) is 14.9 Å². The van der Waals surface area contributed by atoms with Crippen LogP contribution in [0.15, 0.2) is 17.1 Å². The fourth-order valence-electron chi connectivity index (χ4n) is 5.39. The standard InChI is InChI=1S/C24H40N4O6Si2/c1-14(2)35(15(3)4)31-13-20-22(33-36(34-35,16(5)6)17(7)8)19(12-25)23(32-20)28-11-10-21(26-18(9)29)27-24(28)30/h10-11,14-17,19-20,22-23H,13H2,1-9H3,(H,26,27,29,30)/t19-,20?,22-,23+/m0/s1. The van der Waals surface area contributed by atoms with E-state index >= 15 is 0 Å². The van der Waals surface area contributed by atoms with Gasteiger partial charge in [0.1, 0.15) is 17.8 Å². The van der Waals surface area contributed by atoms with Gasteiger partial charge in [0.15, 0.2) is 6.23 Å². The maximum absolute atomic E-state index is 12.9. The SMILES string of the molecule is CC(=O)Nc1ccn([C@@H]2OC3CO[Si](C(C)C)(C(C)C)O[Si](C(C)C)(C(C)C)O[C@H]3[C@@H]2C#N)c(=O)n1. The molecule has 0 radical (unpaired) electrons. The molecule has 10 nitrogen and oxygen atoms in total. The number of hydrogen-bond acceptors (Lipinski definition) is 8. The first kappa shape index (κ1) is 28.7. The van der Waals surface area contributed by atoms with Gasteiger partial charge in [-0.15, -0.1) is 0 Å². The first-order valence-electron chi connectivity index (χ1n) is 12.7. The van der Waals surface area contributed by atoms with Crippen LogP contribution in [-0.4, -0.2) is 51.4 Å². The van der Waals surface area contributed by atoms with Crippen molar-refractivity contribution >= 4 is 28.8 Å². The second-order valence-electron chi connectivity index (χ2n) is 11.0. The fraction of sp³-hybridized carbons (Fsp3) is 0.750. The molecule has 0 saturated carbocycles. The Kier molecular flexibility index (Phi) is 8.64. The molecule has 4 atom stereocenters. The third kappa shape index (κ3) is 5.09. The highest BCUT2D eigenvalue weighted by Gasteiger charge is 2.62. The maximum Gasteiger partial charge on any atom is 0.351 e. The van der Waals surface area contributed by atoms with E-state index in [1.165, 1.54) is 23.8 Å². The summed E-state index contributed by atoms with van der Waals surface area (Å²) in [5.74, 6) is -0.961. The zero-order valence-electron chi connectivity index (χ0n) is 22.8. The van der Waals surface area contributed by atoms with E-state index in [4.69, 9.17) is 17.7 Å². The summed E-state index contributed by atoms with van der Waals surface area (Å²) in [4.78, 5) is 28.2. The molecular formula is C24H40N4O6Si2. The van der Waals surface area contributed by atoms with Crippen LogP contribution in [0.2, 0.25) is 22.2 Å². The van der Waals surface area contributed by atoms with Gasteiger partial charge in [-0.3, -0.25) is 9.36 Å². The van der Waals surface area contributed by atoms with Gasteiger partial charge in [-0.25, -0.2) is 4.79 Å². The van der Waals surface area contributed by atoms with Crippen LogP contribution in [0.5, 0.6) is 0 Å². The smallest absolute Gasteiger partial charge is 0.351 e. The molecule has 0 aliphatic carbocycles. The van der Waals surface area contributed by atoms with E-state index < -0.39 is 47.2 Å². The highest BCUT2D eigenvalue weighted by molar-refractivity contribution is 6.83. The molecule has 3 heterocycles.